The van der Waals surface area contributed by atoms with Gasteiger partial charge in [-0.05, 0) is 59.8 Å². The molecule has 8 heteroatoms. The lowest BCUT2D eigenvalue weighted by molar-refractivity contribution is -0.131. The number of aromatic nitrogens is 1. The molecular formula is C22H20BrN3O3S. The summed E-state index contributed by atoms with van der Waals surface area (Å²) in [6.07, 6.45) is 2.73. The maximum atomic E-state index is 12.6. The molecule has 0 aliphatic carbocycles. The second-order valence-electron chi connectivity index (χ2n) is 6.85. The first-order valence-electron chi connectivity index (χ1n) is 9.60. The number of nitrogens with zero attached hydrogens (tertiary/aromatic N) is 2. The Labute approximate surface area is 187 Å². The molecule has 2 amide bonds. The molecule has 0 atom stereocenters. The van der Waals surface area contributed by atoms with E-state index in [-0.39, 0.29) is 30.7 Å². The fraction of sp³-hybridized carbons (Fsp3) is 0.227. The van der Waals surface area contributed by atoms with E-state index in [2.05, 4.69) is 37.7 Å². The first kappa shape index (κ1) is 20.6. The molecule has 1 aromatic carbocycles. The van der Waals surface area contributed by atoms with E-state index in [0.29, 0.717) is 17.9 Å². The molecule has 0 radical (unpaired) electrons. The Morgan fingerprint density at radius 2 is 2.03 bits per heavy atom. The van der Waals surface area contributed by atoms with Crippen LogP contribution in [0.5, 0.6) is 11.6 Å². The van der Waals surface area contributed by atoms with Gasteiger partial charge in [-0.3, -0.25) is 9.59 Å². The molecule has 30 heavy (non-hydrogen) atoms. The first-order chi connectivity index (χ1) is 14.6. The smallest absolute Gasteiger partial charge is 0.256 e. The average Bonchev–Trinajstić information content (AvgIpc) is 3.23. The summed E-state index contributed by atoms with van der Waals surface area (Å²) in [7, 11) is 0. The minimum atomic E-state index is -0.318. The topological polar surface area (TPSA) is 71.5 Å². The molecule has 0 fully saturated rings. The molecule has 4 rings (SSSR count). The summed E-state index contributed by atoms with van der Waals surface area (Å²) in [5, 5.41) is 4.88. The molecule has 2 aromatic heterocycles. The molecular weight excluding hydrogens is 466 g/mol. The van der Waals surface area contributed by atoms with Gasteiger partial charge in [0, 0.05) is 41.6 Å². The predicted molar refractivity (Wildman–Crippen MR) is 119 cm³/mol. The lowest BCUT2D eigenvalue weighted by Gasteiger charge is -2.27. The molecule has 154 valence electrons. The van der Waals surface area contributed by atoms with Gasteiger partial charge in [0.15, 0.2) is 0 Å². The van der Waals surface area contributed by atoms with Crippen LogP contribution in [0.2, 0.25) is 0 Å². The van der Waals surface area contributed by atoms with E-state index < -0.39 is 0 Å². The number of thiophene rings is 1. The number of hydrogen-bond donors (Lipinski definition) is 1. The van der Waals surface area contributed by atoms with Crippen molar-refractivity contribution in [1.29, 1.82) is 0 Å². The van der Waals surface area contributed by atoms with Gasteiger partial charge in [0.1, 0.15) is 11.3 Å². The molecule has 1 aliphatic heterocycles. The van der Waals surface area contributed by atoms with E-state index in [9.17, 15) is 9.59 Å². The molecule has 0 unspecified atom stereocenters. The van der Waals surface area contributed by atoms with Crippen LogP contribution < -0.4 is 10.1 Å². The van der Waals surface area contributed by atoms with Crippen molar-refractivity contribution >= 4 is 39.1 Å². The van der Waals surface area contributed by atoms with Crippen molar-refractivity contribution in [2.24, 2.45) is 0 Å². The molecule has 0 spiro atoms. The van der Waals surface area contributed by atoms with Crippen LogP contribution in [0.25, 0.3) is 0 Å². The third-order valence-electron chi connectivity index (χ3n) is 4.83. The van der Waals surface area contributed by atoms with Crippen LogP contribution in [0.4, 0.5) is 0 Å². The van der Waals surface area contributed by atoms with E-state index in [1.807, 2.05) is 17.0 Å². The number of carbonyl (C=O) groups is 2. The van der Waals surface area contributed by atoms with Gasteiger partial charge in [-0.1, -0.05) is 15.9 Å². The van der Waals surface area contributed by atoms with Crippen LogP contribution in [0, 0.1) is 0 Å². The van der Waals surface area contributed by atoms with Crippen LogP contribution in [0.15, 0.2) is 58.5 Å². The number of halogens is 1. The fourth-order valence-corrected chi connectivity index (χ4v) is 4.41. The van der Waals surface area contributed by atoms with E-state index in [0.717, 1.165) is 17.4 Å². The average molecular weight is 486 g/mol. The van der Waals surface area contributed by atoms with Gasteiger partial charge in [-0.2, -0.15) is 0 Å². The number of ether oxygens (including phenoxy) is 1. The first-order valence-corrected chi connectivity index (χ1v) is 11.3. The molecule has 6 nitrogen and oxygen atoms in total. The Balaban J connectivity index is 1.32. The van der Waals surface area contributed by atoms with Crippen molar-refractivity contribution in [3.05, 3.63) is 74.5 Å². The minimum Gasteiger partial charge on any atom is -0.438 e. The van der Waals surface area contributed by atoms with Gasteiger partial charge >= 0.3 is 0 Å². The third-order valence-corrected chi connectivity index (χ3v) is 6.38. The van der Waals surface area contributed by atoms with E-state index in [4.69, 9.17) is 4.74 Å². The highest BCUT2D eigenvalue weighted by Gasteiger charge is 2.21. The number of rotatable bonds is 6. The standard InChI is InChI=1S/C22H20BrN3O3S/c23-16-3-5-17(6-4-16)29-22-18(2-1-10-25-22)21(28)24-11-7-20(27)26-12-8-19-15(14-26)9-13-30-19/h1-6,9-10,13H,7-8,11-12,14H2,(H,24,28). The molecule has 0 saturated carbocycles. The van der Waals surface area contributed by atoms with E-state index in [1.54, 1.807) is 41.8 Å². The molecule has 0 bridgehead atoms. The quantitative estimate of drug-likeness (QED) is 0.561. The summed E-state index contributed by atoms with van der Waals surface area (Å²) in [6, 6.07) is 12.7. The van der Waals surface area contributed by atoms with Crippen molar-refractivity contribution in [3.63, 3.8) is 0 Å². The number of fused-ring (bicyclic) bond motifs is 1. The van der Waals surface area contributed by atoms with Crippen LogP contribution in [-0.2, 0) is 17.8 Å². The van der Waals surface area contributed by atoms with Crippen molar-refractivity contribution in [2.45, 2.75) is 19.4 Å². The number of benzene rings is 1. The van der Waals surface area contributed by atoms with Gasteiger partial charge in [0.25, 0.3) is 5.91 Å². The molecule has 3 aromatic rings. The van der Waals surface area contributed by atoms with Crippen molar-refractivity contribution in [1.82, 2.24) is 15.2 Å². The molecule has 1 aliphatic rings. The van der Waals surface area contributed by atoms with Crippen LogP contribution in [0.1, 0.15) is 27.2 Å². The Morgan fingerprint density at radius 3 is 2.87 bits per heavy atom. The summed E-state index contributed by atoms with van der Waals surface area (Å²) in [4.78, 5) is 32.6. The zero-order chi connectivity index (χ0) is 20.9. The maximum absolute atomic E-state index is 12.6. The van der Waals surface area contributed by atoms with Gasteiger partial charge in [-0.25, -0.2) is 4.98 Å². The van der Waals surface area contributed by atoms with Gasteiger partial charge in [-0.15, -0.1) is 11.3 Å². The van der Waals surface area contributed by atoms with Crippen molar-refractivity contribution < 1.29 is 14.3 Å². The predicted octanol–water partition coefficient (Wildman–Crippen LogP) is 4.40. The highest BCUT2D eigenvalue weighted by Crippen LogP contribution is 2.25. The van der Waals surface area contributed by atoms with Gasteiger partial charge in [0.05, 0.1) is 0 Å². The Hall–Kier alpha value is -2.71. The maximum Gasteiger partial charge on any atom is 0.256 e. The van der Waals surface area contributed by atoms with Crippen molar-refractivity contribution in [3.8, 4) is 11.6 Å². The Kier molecular flexibility index (Phi) is 6.44. The summed E-state index contributed by atoms with van der Waals surface area (Å²) >= 11 is 5.12. The highest BCUT2D eigenvalue weighted by atomic mass is 79.9. The van der Waals surface area contributed by atoms with Gasteiger partial charge < -0.3 is 15.0 Å². The van der Waals surface area contributed by atoms with E-state index >= 15 is 0 Å². The second kappa shape index (κ2) is 9.40. The lowest BCUT2D eigenvalue weighted by Crippen LogP contribution is -2.37. The molecule has 3 heterocycles. The number of amides is 2. The summed E-state index contributed by atoms with van der Waals surface area (Å²) in [5.41, 5.74) is 1.56. The van der Waals surface area contributed by atoms with Crippen LogP contribution >= 0.6 is 27.3 Å². The van der Waals surface area contributed by atoms with E-state index in [1.165, 1.54) is 10.4 Å². The number of hydrogen-bond acceptors (Lipinski definition) is 5. The summed E-state index contributed by atoms with van der Waals surface area (Å²) < 4.78 is 6.70. The summed E-state index contributed by atoms with van der Waals surface area (Å²) in [5.74, 6) is 0.537. The minimum absolute atomic E-state index is 0.0460. The third kappa shape index (κ3) is 4.88. The van der Waals surface area contributed by atoms with Crippen LogP contribution in [-0.4, -0.2) is 34.8 Å². The summed E-state index contributed by atoms with van der Waals surface area (Å²) in [6.45, 7) is 1.64. The lowest BCUT2D eigenvalue weighted by atomic mass is 10.1. The number of carbonyl (C=O) groups excluding carboxylic acids is 2. The number of nitrogens with one attached hydrogen (secondary N) is 1. The Bertz CT molecular complexity index is 1050. The molecule has 0 saturated heterocycles. The molecule has 1 N–H and O–H groups in total. The van der Waals surface area contributed by atoms with Gasteiger partial charge in [0.2, 0.25) is 11.8 Å². The largest absolute Gasteiger partial charge is 0.438 e. The zero-order valence-electron chi connectivity index (χ0n) is 16.1. The van der Waals surface area contributed by atoms with Crippen LogP contribution in [0.3, 0.4) is 0 Å². The monoisotopic (exact) mass is 485 g/mol. The number of pyridine rings is 1. The SMILES string of the molecule is O=C(NCCC(=O)N1CCc2sccc2C1)c1cccnc1Oc1ccc(Br)cc1. The zero-order valence-corrected chi connectivity index (χ0v) is 18.5. The normalized spacial score (nSPS) is 12.9. The fourth-order valence-electron chi connectivity index (χ4n) is 3.26. The Morgan fingerprint density at radius 1 is 1.20 bits per heavy atom. The second-order valence-corrected chi connectivity index (χ2v) is 8.77. The van der Waals surface area contributed by atoms with Crippen molar-refractivity contribution in [2.75, 3.05) is 13.1 Å². The highest BCUT2D eigenvalue weighted by molar-refractivity contribution is 9.10.